The van der Waals surface area contributed by atoms with Crippen LogP contribution in [-0.4, -0.2) is 204 Å². The number of carbonyl (C=O) groups excluding carboxylic acids is 13. The van der Waals surface area contributed by atoms with E-state index in [0.717, 1.165) is 5.56 Å². The standard InChI is InChI=1S/C84H126N22O14/c1-9-51(8)70(82(120)99-62(71(87)109)39-48(2)3)106-76(114)59(34-23-37-92-83(88)89)96-68(108)46-95-73(111)63(40-49(4)5)100-77(115)64(42-53-27-15-11-16-28-53)101-74(112)60(33-21-22-36-85)97-80(118)67(47-107)104-78(116)65(43-54-29-17-12-18-30-54)102-79(117)66(44-55-45-94-58-32-20-19-31-56(55)58)103-75(113)61(35-24-38-93-84(90)91)98-81(119)69(50(6)7)105-72(110)57(86)41-52-25-13-10-14-26-52/h10-20,25-32,45,48-51,57,59-67,69-70,94,107H,9,21-24,33-44,46-47,85-86H2,1-8H3,(H2,87,109)(H,95,111)(H,96,108)(H,97,118)(H,98,119)(H,99,120)(H,100,115)(H,101,112)(H,102,117)(H,103,113)(H,104,116)(H,105,110)(H,106,114)(H4,88,89,92)(H4,90,91,93)/t51-,57-,59-,60-,61-,62-,63-,64-,65-,66-,67-,69-,70-/m0/s1. The molecule has 1 aromatic heterocycles. The summed E-state index contributed by atoms with van der Waals surface area (Å²) in [4.78, 5) is 189. The average molecular weight is 1670 g/mol. The van der Waals surface area contributed by atoms with Gasteiger partial charge in [-0.2, -0.15) is 0 Å². The van der Waals surface area contributed by atoms with Gasteiger partial charge in [0, 0.05) is 49.5 Å². The smallest absolute Gasteiger partial charge is 0.245 e. The highest BCUT2D eigenvalue weighted by Crippen LogP contribution is 2.21. The molecule has 0 saturated heterocycles. The maximum Gasteiger partial charge on any atom is 0.245 e. The number of para-hydroxylation sites is 1. The fourth-order valence-corrected chi connectivity index (χ4v) is 13.2. The molecule has 36 heteroatoms. The Labute approximate surface area is 700 Å². The number of hydrogen-bond acceptors (Lipinski definition) is 18. The van der Waals surface area contributed by atoms with Crippen LogP contribution in [0.1, 0.15) is 142 Å². The van der Waals surface area contributed by atoms with E-state index in [0.29, 0.717) is 40.4 Å². The second-order valence-electron chi connectivity index (χ2n) is 31.3. The molecule has 656 valence electrons. The molecule has 0 aliphatic rings. The number of carbonyl (C=O) groups is 13. The second kappa shape index (κ2) is 51.3. The Hall–Kier alpha value is -12.0. The number of unbranched alkanes of at least 4 members (excludes halogenated alkanes) is 1. The van der Waals surface area contributed by atoms with E-state index in [9.17, 15) is 62.6 Å². The largest absolute Gasteiger partial charge is 0.394 e. The minimum Gasteiger partial charge on any atom is -0.394 e. The van der Waals surface area contributed by atoms with Gasteiger partial charge in [0.15, 0.2) is 11.9 Å². The Balaban J connectivity index is 1.40. The van der Waals surface area contributed by atoms with Crippen LogP contribution < -0.4 is 103 Å². The summed E-state index contributed by atoms with van der Waals surface area (Å²) in [6, 6.07) is 17.0. The number of guanidine groups is 2. The molecule has 28 N–H and O–H groups in total. The molecule has 0 saturated carbocycles. The van der Waals surface area contributed by atoms with Crippen molar-refractivity contribution >= 4 is 99.6 Å². The number of aromatic amines is 1. The summed E-state index contributed by atoms with van der Waals surface area (Å²) < 4.78 is 0. The molecule has 5 rings (SSSR count). The molecule has 0 unspecified atom stereocenters. The highest BCUT2D eigenvalue weighted by atomic mass is 16.3. The highest BCUT2D eigenvalue weighted by molar-refractivity contribution is 6.00. The second-order valence-corrected chi connectivity index (χ2v) is 31.3. The molecule has 120 heavy (non-hydrogen) atoms. The number of fused-ring (bicyclic) bond motifs is 1. The van der Waals surface area contributed by atoms with E-state index >= 15 is 4.79 Å². The first-order chi connectivity index (χ1) is 57.1. The fraction of sp³-hybridized carbons (Fsp3) is 0.512. The number of aliphatic hydroxyl groups is 1. The van der Waals surface area contributed by atoms with Gasteiger partial charge in [0.05, 0.1) is 19.2 Å². The molecular formula is C84H126N22O14. The average Bonchev–Trinajstić information content (AvgIpc) is 1.71. The third kappa shape index (κ3) is 34.5. The summed E-state index contributed by atoms with van der Waals surface area (Å²) in [5, 5.41) is 64.6. The molecule has 0 fully saturated rings. The number of H-pyrrole nitrogens is 1. The molecule has 0 spiro atoms. The van der Waals surface area contributed by atoms with E-state index in [1.807, 2.05) is 38.1 Å². The van der Waals surface area contributed by atoms with E-state index in [1.54, 1.807) is 139 Å². The number of hydrogen-bond donors (Lipinski definition) is 23. The molecule has 13 atom stereocenters. The summed E-state index contributed by atoms with van der Waals surface area (Å²) >= 11 is 0. The van der Waals surface area contributed by atoms with Crippen molar-refractivity contribution in [2.24, 2.45) is 52.3 Å². The van der Waals surface area contributed by atoms with Gasteiger partial charge in [0.1, 0.15) is 66.5 Å². The summed E-state index contributed by atoms with van der Waals surface area (Å²) in [7, 11) is 0. The van der Waals surface area contributed by atoms with Crippen LogP contribution >= 0.6 is 0 Å². The fourth-order valence-electron chi connectivity index (χ4n) is 13.2. The topological polar surface area (TPSA) is 604 Å². The molecule has 36 nitrogen and oxygen atoms in total. The number of rotatable bonds is 53. The van der Waals surface area contributed by atoms with Gasteiger partial charge in [-0.1, -0.05) is 171 Å². The Bertz CT molecular complexity index is 4190. The monoisotopic (exact) mass is 1670 g/mol. The first kappa shape index (κ1) is 98.5. The maximum absolute atomic E-state index is 15.2. The Morgan fingerprint density at radius 2 is 0.800 bits per heavy atom. The van der Waals surface area contributed by atoms with Gasteiger partial charge < -0.3 is 113 Å². The van der Waals surface area contributed by atoms with Crippen molar-refractivity contribution in [3.8, 4) is 0 Å². The van der Waals surface area contributed by atoms with E-state index in [-0.39, 0.29) is 120 Å². The number of aromatic nitrogens is 1. The minimum atomic E-state index is -1.81. The summed E-state index contributed by atoms with van der Waals surface area (Å²) in [6.45, 7) is 12.8. The Morgan fingerprint density at radius 3 is 1.27 bits per heavy atom. The van der Waals surface area contributed by atoms with E-state index in [1.165, 1.54) is 0 Å². The van der Waals surface area contributed by atoms with Gasteiger partial charge >= 0.3 is 0 Å². The van der Waals surface area contributed by atoms with Crippen LogP contribution in [0.5, 0.6) is 0 Å². The third-order valence-corrected chi connectivity index (χ3v) is 20.0. The number of nitrogens with two attached hydrogens (primary N) is 5. The zero-order chi connectivity index (χ0) is 88.5. The molecule has 4 aromatic carbocycles. The lowest BCUT2D eigenvalue weighted by Crippen LogP contribution is -2.61. The summed E-state index contributed by atoms with van der Waals surface area (Å²) in [5.41, 5.74) is 32.1. The van der Waals surface area contributed by atoms with E-state index in [4.69, 9.17) is 39.5 Å². The number of amides is 13. The molecule has 1 heterocycles. The van der Waals surface area contributed by atoms with Crippen LogP contribution in [0.2, 0.25) is 0 Å². The van der Waals surface area contributed by atoms with Crippen molar-refractivity contribution in [1.29, 1.82) is 10.8 Å². The van der Waals surface area contributed by atoms with Gasteiger partial charge in [0.2, 0.25) is 76.8 Å². The first-order valence-electron chi connectivity index (χ1n) is 40.9. The van der Waals surface area contributed by atoms with Gasteiger partial charge in [-0.05, 0) is 123 Å². The van der Waals surface area contributed by atoms with Crippen LogP contribution in [0, 0.1) is 34.5 Å². The Kier molecular flexibility index (Phi) is 42.1. The highest BCUT2D eigenvalue weighted by Gasteiger charge is 2.38. The molecule has 0 aliphatic heterocycles. The van der Waals surface area contributed by atoms with Crippen molar-refractivity contribution in [3.63, 3.8) is 0 Å². The molecule has 0 radical (unpaired) electrons. The van der Waals surface area contributed by atoms with Crippen LogP contribution in [0.4, 0.5) is 0 Å². The van der Waals surface area contributed by atoms with E-state index in [2.05, 4.69) is 79.4 Å². The van der Waals surface area contributed by atoms with Gasteiger partial charge in [0.25, 0.3) is 0 Å². The number of benzene rings is 4. The van der Waals surface area contributed by atoms with Crippen molar-refractivity contribution in [2.75, 3.05) is 32.8 Å². The third-order valence-electron chi connectivity index (χ3n) is 20.0. The lowest BCUT2D eigenvalue weighted by Gasteiger charge is -2.29. The normalized spacial score (nSPS) is 14.5. The quantitative estimate of drug-likeness (QED) is 0.0128. The zero-order valence-electron chi connectivity index (χ0n) is 69.9. The predicted molar refractivity (Wildman–Crippen MR) is 455 cm³/mol. The van der Waals surface area contributed by atoms with Crippen LogP contribution in [-0.2, 0) is 88.0 Å². The molecular weight excluding hydrogens is 1540 g/mol. The van der Waals surface area contributed by atoms with Crippen molar-refractivity contribution in [2.45, 2.75) is 218 Å². The van der Waals surface area contributed by atoms with Crippen LogP contribution in [0.3, 0.4) is 0 Å². The molecule has 5 aromatic rings. The van der Waals surface area contributed by atoms with Gasteiger partial charge in [-0.3, -0.25) is 73.1 Å². The predicted octanol–water partition coefficient (Wildman–Crippen LogP) is -0.858. The van der Waals surface area contributed by atoms with E-state index < -0.39 is 174 Å². The Morgan fingerprint density at radius 1 is 0.408 bits per heavy atom. The number of primary amides is 1. The lowest BCUT2D eigenvalue weighted by molar-refractivity contribution is -0.136. The van der Waals surface area contributed by atoms with Crippen LogP contribution in [0.25, 0.3) is 10.9 Å². The zero-order valence-corrected chi connectivity index (χ0v) is 69.9. The van der Waals surface area contributed by atoms with Gasteiger partial charge in [-0.15, -0.1) is 0 Å². The first-order valence-corrected chi connectivity index (χ1v) is 40.9. The minimum absolute atomic E-state index is 0.0111. The molecule has 0 aliphatic carbocycles. The lowest BCUT2D eigenvalue weighted by atomic mass is 9.96. The van der Waals surface area contributed by atoms with Crippen molar-refractivity contribution in [3.05, 3.63) is 144 Å². The van der Waals surface area contributed by atoms with Gasteiger partial charge in [-0.25, -0.2) is 0 Å². The number of aliphatic hydroxyl groups excluding tert-OH is 1. The maximum atomic E-state index is 15.2. The van der Waals surface area contributed by atoms with Crippen molar-refractivity contribution in [1.82, 2.24) is 79.4 Å². The summed E-state index contributed by atoms with van der Waals surface area (Å²) in [6.07, 6.45) is 2.66. The molecule has 13 amide bonds. The van der Waals surface area contributed by atoms with Crippen LogP contribution in [0.15, 0.2) is 121 Å². The summed E-state index contributed by atoms with van der Waals surface area (Å²) in [5.74, 6) is -12.8. The SMILES string of the molecule is CC[C@H](C)[C@H](NC(=O)[C@H](CCCNC(=N)N)NC(=O)CNC(=O)[C@H](CC(C)C)NC(=O)[C@H](Cc1ccccc1)NC(=O)[C@H](CCCCN)NC(=O)[C@H](CO)NC(=O)[C@H](Cc1ccccc1)NC(=O)[C@H](Cc1c[nH]c2ccccc12)NC(=O)[C@H](CCCNC(=N)N)NC(=O)[C@@H](NC(=O)[C@@H](N)Cc1ccccc1)C(C)C)C(=O)N[C@@H](CC(C)C)C(N)=O. The van der Waals surface area contributed by atoms with Crippen molar-refractivity contribution < 1.29 is 67.4 Å². The number of nitrogens with one attached hydrogen (secondary N) is 17. The molecule has 0 bridgehead atoms.